The lowest BCUT2D eigenvalue weighted by Crippen LogP contribution is -2.25. The van der Waals surface area contributed by atoms with Crippen molar-refractivity contribution in [1.82, 2.24) is 5.32 Å². The number of nitrogens with one attached hydrogen (secondary N) is 1. The molecule has 4 heteroatoms. The first-order valence-electron chi connectivity index (χ1n) is 6.32. The Balaban J connectivity index is 2.36. The zero-order valence-electron chi connectivity index (χ0n) is 11.0. The molecule has 2 aromatic rings. The summed E-state index contributed by atoms with van der Waals surface area (Å²) >= 11 is 1.59. The Labute approximate surface area is 116 Å². The SMILES string of the molecule is CCNC(Cc1ccsc1)c1c(F)ccc(C)c1F. The summed E-state index contributed by atoms with van der Waals surface area (Å²) in [6, 6.07) is 4.47. The highest BCUT2D eigenvalue weighted by atomic mass is 32.1. The molecule has 2 rings (SSSR count). The molecule has 1 nitrogen and oxygen atoms in total. The Hall–Kier alpha value is -1.26. The molecule has 1 aromatic carbocycles. The number of hydrogen-bond donors (Lipinski definition) is 1. The number of aryl methyl sites for hydroxylation is 1. The molecule has 0 radical (unpaired) electrons. The van der Waals surface area contributed by atoms with E-state index < -0.39 is 11.6 Å². The fourth-order valence-electron chi connectivity index (χ4n) is 2.16. The van der Waals surface area contributed by atoms with Gasteiger partial charge in [0.15, 0.2) is 0 Å². The van der Waals surface area contributed by atoms with E-state index >= 15 is 0 Å². The first-order valence-corrected chi connectivity index (χ1v) is 7.26. The second-order valence-corrected chi connectivity index (χ2v) is 5.32. The Bertz CT molecular complexity index is 537. The minimum Gasteiger partial charge on any atom is -0.310 e. The summed E-state index contributed by atoms with van der Waals surface area (Å²) in [7, 11) is 0. The summed E-state index contributed by atoms with van der Waals surface area (Å²) in [4.78, 5) is 0. The number of halogens is 2. The third-order valence-corrected chi connectivity index (χ3v) is 3.87. The highest BCUT2D eigenvalue weighted by Gasteiger charge is 2.21. The van der Waals surface area contributed by atoms with E-state index in [1.54, 1.807) is 18.3 Å². The number of thiophene rings is 1. The maximum absolute atomic E-state index is 14.2. The molecule has 0 bridgehead atoms. The van der Waals surface area contributed by atoms with Crippen molar-refractivity contribution in [1.29, 1.82) is 0 Å². The van der Waals surface area contributed by atoms with Gasteiger partial charge in [0, 0.05) is 11.6 Å². The molecule has 0 aliphatic rings. The van der Waals surface area contributed by atoms with Gasteiger partial charge in [0.25, 0.3) is 0 Å². The third kappa shape index (κ3) is 3.19. The van der Waals surface area contributed by atoms with E-state index in [9.17, 15) is 8.78 Å². The Morgan fingerprint density at radius 1 is 1.26 bits per heavy atom. The first kappa shape index (κ1) is 14.2. The van der Waals surface area contributed by atoms with Crippen LogP contribution in [0, 0.1) is 18.6 Å². The van der Waals surface area contributed by atoms with Crippen LogP contribution in [-0.4, -0.2) is 6.54 Å². The van der Waals surface area contributed by atoms with Crippen LogP contribution in [0.2, 0.25) is 0 Å². The Morgan fingerprint density at radius 3 is 2.68 bits per heavy atom. The molecule has 1 unspecified atom stereocenters. The average Bonchev–Trinajstić information content (AvgIpc) is 2.87. The standard InChI is InChI=1S/C15H17F2NS/c1-3-18-13(8-11-6-7-19-9-11)14-12(16)5-4-10(2)15(14)17/h4-7,9,13,18H,3,8H2,1-2H3. The van der Waals surface area contributed by atoms with Gasteiger partial charge in [-0.2, -0.15) is 11.3 Å². The van der Waals surface area contributed by atoms with E-state index in [0.717, 1.165) is 5.56 Å². The van der Waals surface area contributed by atoms with Gasteiger partial charge in [0.05, 0.1) is 0 Å². The van der Waals surface area contributed by atoms with Gasteiger partial charge in [0.1, 0.15) is 11.6 Å². The maximum atomic E-state index is 14.2. The first-order chi connectivity index (χ1) is 9.13. The van der Waals surface area contributed by atoms with Crippen LogP contribution in [0.3, 0.4) is 0 Å². The summed E-state index contributed by atoms with van der Waals surface area (Å²) in [5.41, 5.74) is 1.72. The second-order valence-electron chi connectivity index (χ2n) is 4.54. The second kappa shape index (κ2) is 6.26. The van der Waals surface area contributed by atoms with Gasteiger partial charge in [-0.25, -0.2) is 8.78 Å². The van der Waals surface area contributed by atoms with Crippen LogP contribution >= 0.6 is 11.3 Å². The molecule has 0 spiro atoms. The smallest absolute Gasteiger partial charge is 0.133 e. The molecule has 19 heavy (non-hydrogen) atoms. The zero-order valence-corrected chi connectivity index (χ0v) is 11.9. The molecule has 0 amide bonds. The van der Waals surface area contributed by atoms with Crippen LogP contribution < -0.4 is 5.32 Å². The van der Waals surface area contributed by atoms with Gasteiger partial charge in [0.2, 0.25) is 0 Å². The van der Waals surface area contributed by atoms with Crippen LogP contribution in [0.1, 0.15) is 29.7 Å². The topological polar surface area (TPSA) is 12.0 Å². The molecule has 0 aliphatic carbocycles. The van der Waals surface area contributed by atoms with E-state index in [2.05, 4.69) is 5.32 Å². The Morgan fingerprint density at radius 2 is 2.05 bits per heavy atom. The summed E-state index contributed by atoms with van der Waals surface area (Å²) < 4.78 is 28.1. The van der Waals surface area contributed by atoms with Gasteiger partial charge in [-0.15, -0.1) is 0 Å². The van der Waals surface area contributed by atoms with Crippen molar-refractivity contribution in [3.63, 3.8) is 0 Å². The molecule has 0 saturated heterocycles. The normalized spacial score (nSPS) is 12.6. The average molecular weight is 281 g/mol. The van der Waals surface area contributed by atoms with Crippen molar-refractivity contribution in [2.24, 2.45) is 0 Å². The quantitative estimate of drug-likeness (QED) is 0.865. The number of hydrogen-bond acceptors (Lipinski definition) is 2. The summed E-state index contributed by atoms with van der Waals surface area (Å²) in [6.07, 6.45) is 0.592. The summed E-state index contributed by atoms with van der Waals surface area (Å²) in [5, 5.41) is 7.15. The van der Waals surface area contributed by atoms with E-state index in [4.69, 9.17) is 0 Å². The zero-order chi connectivity index (χ0) is 13.8. The van der Waals surface area contributed by atoms with Crippen molar-refractivity contribution in [3.8, 4) is 0 Å². The molecule has 0 aliphatic heterocycles. The molecular formula is C15H17F2NS. The predicted octanol–water partition coefficient (Wildman–Crippen LogP) is 4.23. The third-order valence-electron chi connectivity index (χ3n) is 3.14. The van der Waals surface area contributed by atoms with Crippen molar-refractivity contribution >= 4 is 11.3 Å². The maximum Gasteiger partial charge on any atom is 0.133 e. The number of benzene rings is 1. The van der Waals surface area contributed by atoms with Gasteiger partial charge in [-0.1, -0.05) is 13.0 Å². The van der Waals surface area contributed by atoms with Crippen molar-refractivity contribution in [3.05, 3.63) is 57.3 Å². The summed E-state index contributed by atoms with van der Waals surface area (Å²) in [5.74, 6) is -0.926. The van der Waals surface area contributed by atoms with Crippen LogP contribution in [-0.2, 0) is 6.42 Å². The van der Waals surface area contributed by atoms with Crippen LogP contribution in [0.5, 0.6) is 0 Å². The van der Waals surface area contributed by atoms with Crippen LogP contribution in [0.4, 0.5) is 8.78 Å². The molecular weight excluding hydrogens is 264 g/mol. The Kier molecular flexibility index (Phi) is 4.66. The lowest BCUT2D eigenvalue weighted by Gasteiger charge is -2.20. The van der Waals surface area contributed by atoms with E-state index in [-0.39, 0.29) is 11.6 Å². The monoisotopic (exact) mass is 281 g/mol. The van der Waals surface area contributed by atoms with Gasteiger partial charge < -0.3 is 5.32 Å². The lowest BCUT2D eigenvalue weighted by molar-refractivity contribution is 0.470. The molecule has 1 heterocycles. The van der Waals surface area contributed by atoms with Gasteiger partial charge in [-0.05, 0) is 53.9 Å². The fourth-order valence-corrected chi connectivity index (χ4v) is 2.85. The molecule has 0 fully saturated rings. The highest BCUT2D eigenvalue weighted by Crippen LogP contribution is 2.26. The summed E-state index contributed by atoms with van der Waals surface area (Å²) in [6.45, 7) is 4.26. The predicted molar refractivity (Wildman–Crippen MR) is 75.5 cm³/mol. The van der Waals surface area contributed by atoms with Crippen LogP contribution in [0.25, 0.3) is 0 Å². The van der Waals surface area contributed by atoms with Crippen molar-refractivity contribution in [2.75, 3.05) is 6.54 Å². The van der Waals surface area contributed by atoms with Crippen molar-refractivity contribution < 1.29 is 8.78 Å². The molecule has 102 valence electrons. The van der Waals surface area contributed by atoms with Gasteiger partial charge in [-0.3, -0.25) is 0 Å². The highest BCUT2D eigenvalue weighted by molar-refractivity contribution is 7.07. The molecule has 1 aromatic heterocycles. The fraction of sp³-hybridized carbons (Fsp3) is 0.333. The largest absolute Gasteiger partial charge is 0.310 e. The minimum absolute atomic E-state index is 0.146. The minimum atomic E-state index is -0.482. The number of rotatable bonds is 5. The van der Waals surface area contributed by atoms with E-state index in [1.165, 1.54) is 12.1 Å². The number of likely N-dealkylation sites (N-methyl/N-ethyl adjacent to an activating group) is 1. The lowest BCUT2D eigenvalue weighted by atomic mass is 9.97. The van der Waals surface area contributed by atoms with E-state index in [0.29, 0.717) is 18.5 Å². The van der Waals surface area contributed by atoms with Crippen LogP contribution in [0.15, 0.2) is 29.0 Å². The molecule has 1 N–H and O–H groups in total. The van der Waals surface area contributed by atoms with E-state index in [1.807, 2.05) is 23.8 Å². The molecule has 0 saturated carbocycles. The van der Waals surface area contributed by atoms with Gasteiger partial charge >= 0.3 is 0 Å². The molecule has 1 atom stereocenters. The van der Waals surface area contributed by atoms with Crippen molar-refractivity contribution in [2.45, 2.75) is 26.3 Å².